The molecule has 1 aliphatic heterocycles. The second-order valence-corrected chi connectivity index (χ2v) is 5.84. The second-order valence-electron chi connectivity index (χ2n) is 5.84. The third-order valence-electron chi connectivity index (χ3n) is 4.17. The lowest BCUT2D eigenvalue weighted by Crippen LogP contribution is -2.50. The van der Waals surface area contributed by atoms with Gasteiger partial charge in [0, 0.05) is 12.6 Å². The molecule has 0 bridgehead atoms. The first-order valence-corrected chi connectivity index (χ1v) is 7.68. The van der Waals surface area contributed by atoms with E-state index >= 15 is 0 Å². The SMILES string of the molecule is C[C@@H]1CC[C@H](C(N)=O)CN1C(=O)COc1ccc(CC#N)cc1. The Hall–Kier alpha value is -2.55. The van der Waals surface area contributed by atoms with Gasteiger partial charge in [0.25, 0.3) is 5.91 Å². The van der Waals surface area contributed by atoms with E-state index in [1.165, 1.54) is 0 Å². The Bertz CT molecular complexity index is 607. The summed E-state index contributed by atoms with van der Waals surface area (Å²) >= 11 is 0. The number of rotatable bonds is 5. The molecule has 1 heterocycles. The molecule has 0 saturated carbocycles. The number of nitriles is 1. The van der Waals surface area contributed by atoms with E-state index in [2.05, 4.69) is 6.07 Å². The first-order chi connectivity index (χ1) is 11.0. The van der Waals surface area contributed by atoms with Crippen LogP contribution in [-0.2, 0) is 16.0 Å². The van der Waals surface area contributed by atoms with Crippen molar-refractivity contribution in [2.45, 2.75) is 32.2 Å². The summed E-state index contributed by atoms with van der Waals surface area (Å²) in [6.07, 6.45) is 1.84. The first kappa shape index (κ1) is 16.8. The number of ether oxygens (including phenoxy) is 1. The third-order valence-corrected chi connectivity index (χ3v) is 4.17. The molecule has 2 rings (SSSR count). The maximum absolute atomic E-state index is 12.3. The largest absolute Gasteiger partial charge is 0.484 e. The van der Waals surface area contributed by atoms with Crippen molar-refractivity contribution in [2.75, 3.05) is 13.2 Å². The number of nitrogens with two attached hydrogens (primary N) is 1. The molecule has 1 saturated heterocycles. The van der Waals surface area contributed by atoms with Crippen molar-refractivity contribution in [3.63, 3.8) is 0 Å². The van der Waals surface area contributed by atoms with Crippen molar-refractivity contribution in [1.29, 1.82) is 5.26 Å². The summed E-state index contributed by atoms with van der Waals surface area (Å²) < 4.78 is 5.51. The Morgan fingerprint density at radius 1 is 1.35 bits per heavy atom. The van der Waals surface area contributed by atoms with Crippen LogP contribution in [0.25, 0.3) is 0 Å². The molecule has 23 heavy (non-hydrogen) atoms. The fraction of sp³-hybridized carbons (Fsp3) is 0.471. The van der Waals surface area contributed by atoms with Crippen LogP contribution < -0.4 is 10.5 Å². The fourth-order valence-electron chi connectivity index (χ4n) is 2.71. The molecule has 122 valence electrons. The van der Waals surface area contributed by atoms with Crippen LogP contribution in [0.3, 0.4) is 0 Å². The summed E-state index contributed by atoms with van der Waals surface area (Å²) in [5.74, 6) is -0.204. The zero-order chi connectivity index (χ0) is 16.8. The lowest BCUT2D eigenvalue weighted by molar-refractivity contribution is -0.139. The standard InChI is InChI=1S/C17H21N3O3/c1-12-2-5-14(17(19)22)10-20(12)16(21)11-23-15-6-3-13(4-7-15)8-9-18/h3-4,6-7,12,14H,2,5,8,10-11H2,1H3,(H2,19,22)/t12-,14+/m1/s1. The van der Waals surface area contributed by atoms with Crippen LogP contribution >= 0.6 is 0 Å². The highest BCUT2D eigenvalue weighted by molar-refractivity contribution is 5.81. The minimum absolute atomic E-state index is 0.0760. The number of benzene rings is 1. The van der Waals surface area contributed by atoms with Crippen molar-refractivity contribution >= 4 is 11.8 Å². The van der Waals surface area contributed by atoms with Crippen molar-refractivity contribution in [3.8, 4) is 11.8 Å². The summed E-state index contributed by atoms with van der Waals surface area (Å²) in [6.45, 7) is 2.25. The lowest BCUT2D eigenvalue weighted by atomic mass is 9.93. The monoisotopic (exact) mass is 315 g/mol. The molecule has 0 unspecified atom stereocenters. The van der Waals surface area contributed by atoms with E-state index in [9.17, 15) is 9.59 Å². The summed E-state index contributed by atoms with van der Waals surface area (Å²) in [5.41, 5.74) is 6.25. The quantitative estimate of drug-likeness (QED) is 0.884. The summed E-state index contributed by atoms with van der Waals surface area (Å²) in [6, 6.07) is 9.24. The van der Waals surface area contributed by atoms with Gasteiger partial charge < -0.3 is 15.4 Å². The van der Waals surface area contributed by atoms with Crippen LogP contribution in [0.15, 0.2) is 24.3 Å². The topological polar surface area (TPSA) is 96.4 Å². The first-order valence-electron chi connectivity index (χ1n) is 7.68. The van der Waals surface area contributed by atoms with Crippen LogP contribution in [0, 0.1) is 17.2 Å². The van der Waals surface area contributed by atoms with Crippen molar-refractivity contribution in [2.24, 2.45) is 11.7 Å². The number of likely N-dealkylation sites (tertiary alicyclic amines) is 1. The lowest BCUT2D eigenvalue weighted by Gasteiger charge is -2.36. The van der Waals surface area contributed by atoms with Gasteiger partial charge in [0.2, 0.25) is 5.91 Å². The molecular formula is C17H21N3O3. The van der Waals surface area contributed by atoms with Crippen molar-refractivity contribution in [1.82, 2.24) is 4.90 Å². The van der Waals surface area contributed by atoms with Gasteiger partial charge in [-0.25, -0.2) is 0 Å². The zero-order valence-electron chi connectivity index (χ0n) is 13.2. The molecule has 6 heteroatoms. The Morgan fingerprint density at radius 2 is 2.04 bits per heavy atom. The number of carbonyl (C=O) groups excluding carboxylic acids is 2. The normalized spacial score (nSPS) is 20.6. The minimum atomic E-state index is -0.358. The summed E-state index contributed by atoms with van der Waals surface area (Å²) in [5, 5.41) is 8.63. The van der Waals surface area contributed by atoms with Crippen LogP contribution in [0.5, 0.6) is 5.75 Å². The van der Waals surface area contributed by atoms with E-state index in [1.54, 1.807) is 29.2 Å². The van der Waals surface area contributed by atoms with E-state index in [0.29, 0.717) is 18.7 Å². The second kappa shape index (κ2) is 7.63. The maximum Gasteiger partial charge on any atom is 0.260 e. The van der Waals surface area contributed by atoms with Crippen LogP contribution in [0.1, 0.15) is 25.3 Å². The number of hydrogen-bond acceptors (Lipinski definition) is 4. The van der Waals surface area contributed by atoms with Gasteiger partial charge in [0.15, 0.2) is 6.61 Å². The number of nitrogens with zero attached hydrogens (tertiary/aromatic N) is 2. The smallest absolute Gasteiger partial charge is 0.260 e. The van der Waals surface area contributed by atoms with Crippen LogP contribution in [0.4, 0.5) is 0 Å². The molecule has 1 aromatic rings. The van der Waals surface area contributed by atoms with E-state index in [-0.39, 0.29) is 30.4 Å². The molecule has 0 aromatic heterocycles. The predicted octanol–water partition coefficient (Wildman–Crippen LogP) is 1.24. The Labute approximate surface area is 135 Å². The highest BCUT2D eigenvalue weighted by Crippen LogP contribution is 2.22. The molecule has 0 radical (unpaired) electrons. The fourth-order valence-corrected chi connectivity index (χ4v) is 2.71. The average Bonchev–Trinajstić information content (AvgIpc) is 2.54. The summed E-state index contributed by atoms with van der Waals surface area (Å²) in [7, 11) is 0. The van der Waals surface area contributed by atoms with E-state index in [0.717, 1.165) is 18.4 Å². The van der Waals surface area contributed by atoms with E-state index in [4.69, 9.17) is 15.7 Å². The molecule has 1 aromatic carbocycles. The van der Waals surface area contributed by atoms with Gasteiger partial charge >= 0.3 is 0 Å². The van der Waals surface area contributed by atoms with Crippen LogP contribution in [-0.4, -0.2) is 35.9 Å². The van der Waals surface area contributed by atoms with E-state index < -0.39 is 0 Å². The van der Waals surface area contributed by atoms with Crippen LogP contribution in [0.2, 0.25) is 0 Å². The molecule has 6 nitrogen and oxygen atoms in total. The van der Waals surface area contributed by atoms with Gasteiger partial charge in [-0.3, -0.25) is 9.59 Å². The maximum atomic E-state index is 12.3. The van der Waals surface area contributed by atoms with Gasteiger partial charge in [-0.2, -0.15) is 5.26 Å². The Kier molecular flexibility index (Phi) is 5.58. The highest BCUT2D eigenvalue weighted by atomic mass is 16.5. The molecule has 0 spiro atoms. The van der Waals surface area contributed by atoms with Gasteiger partial charge in [-0.1, -0.05) is 12.1 Å². The van der Waals surface area contributed by atoms with Gasteiger partial charge in [-0.05, 0) is 37.5 Å². The third kappa shape index (κ3) is 4.46. The molecule has 2 atom stereocenters. The summed E-state index contributed by atoms with van der Waals surface area (Å²) in [4.78, 5) is 25.3. The predicted molar refractivity (Wildman–Crippen MR) is 84.3 cm³/mol. The minimum Gasteiger partial charge on any atom is -0.484 e. The highest BCUT2D eigenvalue weighted by Gasteiger charge is 2.31. The molecule has 1 fully saturated rings. The van der Waals surface area contributed by atoms with E-state index in [1.807, 2.05) is 6.92 Å². The van der Waals surface area contributed by atoms with Crippen molar-refractivity contribution < 1.29 is 14.3 Å². The molecule has 2 N–H and O–H groups in total. The number of amides is 2. The van der Waals surface area contributed by atoms with Gasteiger partial charge in [0.05, 0.1) is 18.4 Å². The molecule has 1 aliphatic rings. The van der Waals surface area contributed by atoms with Gasteiger partial charge in [0.1, 0.15) is 5.75 Å². The van der Waals surface area contributed by atoms with Crippen molar-refractivity contribution in [3.05, 3.63) is 29.8 Å². The molecule has 2 amide bonds. The number of primary amides is 1. The average molecular weight is 315 g/mol. The number of hydrogen-bond donors (Lipinski definition) is 1. The molecular weight excluding hydrogens is 294 g/mol. The zero-order valence-corrected chi connectivity index (χ0v) is 13.2. The number of piperidine rings is 1. The Balaban J connectivity index is 1.90. The number of carbonyl (C=O) groups is 2. The Morgan fingerprint density at radius 3 is 2.65 bits per heavy atom. The molecule has 0 aliphatic carbocycles. The van der Waals surface area contributed by atoms with Gasteiger partial charge in [-0.15, -0.1) is 0 Å².